The van der Waals surface area contributed by atoms with Gasteiger partial charge in [-0.15, -0.1) is 0 Å². The highest BCUT2D eigenvalue weighted by atomic mass is 16.5. The van der Waals surface area contributed by atoms with Crippen LogP contribution in [0.2, 0.25) is 0 Å². The first kappa shape index (κ1) is 21.6. The number of methoxy groups -OCH3 is 1. The van der Waals surface area contributed by atoms with Gasteiger partial charge in [0.15, 0.2) is 11.5 Å². The van der Waals surface area contributed by atoms with Crippen molar-refractivity contribution in [1.82, 2.24) is 4.90 Å². The van der Waals surface area contributed by atoms with Gasteiger partial charge in [-0.1, -0.05) is 27.2 Å². The van der Waals surface area contributed by atoms with Crippen molar-refractivity contribution < 1.29 is 9.47 Å². The lowest BCUT2D eigenvalue weighted by Gasteiger charge is -2.27. The summed E-state index contributed by atoms with van der Waals surface area (Å²) >= 11 is 0. The molecule has 0 saturated carbocycles. The molecule has 5 nitrogen and oxygen atoms in total. The molecule has 0 bridgehead atoms. The van der Waals surface area contributed by atoms with Crippen molar-refractivity contribution in [2.45, 2.75) is 53.6 Å². The molecule has 1 unspecified atom stereocenters. The number of ether oxygens (including phenoxy) is 2. The molecule has 25 heavy (non-hydrogen) atoms. The Morgan fingerprint density at radius 3 is 2.28 bits per heavy atom. The SMILES string of the molecule is CCC(CCN(CC)CC)CN(N)c1ccc(OC(C)C)c(OC)c1. The second-order valence-corrected chi connectivity index (χ2v) is 6.74. The van der Waals surface area contributed by atoms with Gasteiger partial charge in [0.05, 0.1) is 18.9 Å². The standard InChI is InChI=1S/C20H37N3O2/c1-7-17(12-13-22(8-2)9-3)15-23(21)18-10-11-19(25-16(4)5)20(14-18)24-6/h10-11,14,16-17H,7-9,12-13,15,21H2,1-6H3. The van der Waals surface area contributed by atoms with Crippen LogP contribution < -0.4 is 20.3 Å². The Morgan fingerprint density at radius 2 is 1.76 bits per heavy atom. The van der Waals surface area contributed by atoms with Crippen molar-refractivity contribution >= 4 is 5.69 Å². The second-order valence-electron chi connectivity index (χ2n) is 6.74. The molecule has 1 rings (SSSR count). The van der Waals surface area contributed by atoms with E-state index in [9.17, 15) is 0 Å². The van der Waals surface area contributed by atoms with Crippen molar-refractivity contribution in [3.8, 4) is 11.5 Å². The summed E-state index contributed by atoms with van der Waals surface area (Å²) in [6, 6.07) is 5.89. The molecule has 0 aliphatic carbocycles. The number of rotatable bonds is 12. The third kappa shape index (κ3) is 7.12. The molecule has 5 heteroatoms. The number of hydrazine groups is 1. The number of nitrogens with zero attached hydrogens (tertiary/aromatic N) is 2. The Labute approximate surface area is 154 Å². The Morgan fingerprint density at radius 1 is 1.08 bits per heavy atom. The van der Waals surface area contributed by atoms with Crippen molar-refractivity contribution in [2.24, 2.45) is 11.8 Å². The summed E-state index contributed by atoms with van der Waals surface area (Å²) < 4.78 is 11.2. The first-order valence-corrected chi connectivity index (χ1v) is 9.54. The van der Waals surface area contributed by atoms with Gasteiger partial charge in [0.25, 0.3) is 0 Å². The van der Waals surface area contributed by atoms with E-state index in [0.29, 0.717) is 5.92 Å². The zero-order valence-electron chi connectivity index (χ0n) is 16.9. The van der Waals surface area contributed by atoms with E-state index in [1.165, 1.54) is 0 Å². The zero-order valence-corrected chi connectivity index (χ0v) is 16.9. The molecule has 0 amide bonds. The lowest BCUT2D eigenvalue weighted by molar-refractivity contribution is 0.230. The molecular formula is C20H37N3O2. The van der Waals surface area contributed by atoms with Gasteiger partial charge >= 0.3 is 0 Å². The van der Waals surface area contributed by atoms with E-state index in [4.69, 9.17) is 15.3 Å². The molecule has 1 aromatic rings. The Kier molecular flexibility index (Phi) is 9.68. The molecule has 0 aromatic heterocycles. The summed E-state index contributed by atoms with van der Waals surface area (Å²) in [5, 5.41) is 1.83. The second kappa shape index (κ2) is 11.2. The zero-order chi connectivity index (χ0) is 18.8. The van der Waals surface area contributed by atoms with Crippen LogP contribution in [-0.2, 0) is 0 Å². The lowest BCUT2D eigenvalue weighted by atomic mass is 10.0. The average Bonchev–Trinajstić information content (AvgIpc) is 2.61. The Balaban J connectivity index is 2.72. The first-order chi connectivity index (χ1) is 11.9. The quantitative estimate of drug-likeness (QED) is 0.457. The van der Waals surface area contributed by atoms with Crippen molar-refractivity contribution in [3.05, 3.63) is 18.2 Å². The number of anilines is 1. The highest BCUT2D eigenvalue weighted by Gasteiger charge is 2.15. The van der Waals surface area contributed by atoms with Crippen molar-refractivity contribution in [1.29, 1.82) is 0 Å². The van der Waals surface area contributed by atoms with Gasteiger partial charge < -0.3 is 19.4 Å². The van der Waals surface area contributed by atoms with Crippen LogP contribution in [0.3, 0.4) is 0 Å². The molecule has 0 aliphatic rings. The largest absolute Gasteiger partial charge is 0.493 e. The van der Waals surface area contributed by atoms with E-state index in [1.807, 2.05) is 37.1 Å². The van der Waals surface area contributed by atoms with Crippen LogP contribution in [0.4, 0.5) is 5.69 Å². The number of benzene rings is 1. The fourth-order valence-corrected chi connectivity index (χ4v) is 2.90. The molecule has 1 atom stereocenters. The monoisotopic (exact) mass is 351 g/mol. The number of hydrogen-bond acceptors (Lipinski definition) is 5. The highest BCUT2D eigenvalue weighted by molar-refractivity contribution is 5.55. The highest BCUT2D eigenvalue weighted by Crippen LogP contribution is 2.32. The number of hydrogen-bond donors (Lipinski definition) is 1. The fraction of sp³-hybridized carbons (Fsp3) is 0.700. The van der Waals surface area contributed by atoms with Gasteiger partial charge in [0.2, 0.25) is 0 Å². The van der Waals surface area contributed by atoms with Crippen molar-refractivity contribution in [2.75, 3.05) is 38.3 Å². The summed E-state index contributed by atoms with van der Waals surface area (Å²) in [6.45, 7) is 14.9. The maximum absolute atomic E-state index is 6.34. The average molecular weight is 352 g/mol. The summed E-state index contributed by atoms with van der Waals surface area (Å²) in [5.74, 6) is 8.39. The summed E-state index contributed by atoms with van der Waals surface area (Å²) in [5.41, 5.74) is 0.953. The van der Waals surface area contributed by atoms with Gasteiger partial charge in [-0.05, 0) is 58.0 Å². The van der Waals surface area contributed by atoms with Crippen LogP contribution in [-0.4, -0.2) is 44.3 Å². The minimum atomic E-state index is 0.110. The van der Waals surface area contributed by atoms with Crippen LogP contribution in [0.1, 0.15) is 47.5 Å². The van der Waals surface area contributed by atoms with Crippen LogP contribution >= 0.6 is 0 Å². The maximum atomic E-state index is 6.34. The van der Waals surface area contributed by atoms with E-state index in [0.717, 1.165) is 56.2 Å². The van der Waals surface area contributed by atoms with Gasteiger partial charge in [0.1, 0.15) is 0 Å². The number of nitrogens with two attached hydrogens (primary N) is 1. The van der Waals surface area contributed by atoms with Crippen LogP contribution in [0.5, 0.6) is 11.5 Å². The Bertz CT molecular complexity index is 490. The smallest absolute Gasteiger partial charge is 0.162 e. The summed E-state index contributed by atoms with van der Waals surface area (Å²) in [6.07, 6.45) is 2.40. The van der Waals surface area contributed by atoms with Gasteiger partial charge in [-0.3, -0.25) is 0 Å². The van der Waals surface area contributed by atoms with Gasteiger partial charge in [-0.2, -0.15) is 0 Å². The normalized spacial score (nSPS) is 12.5. The molecule has 1 aromatic carbocycles. The predicted octanol–water partition coefficient (Wildman–Crippen LogP) is 3.92. The van der Waals surface area contributed by atoms with E-state index in [-0.39, 0.29) is 6.10 Å². The third-order valence-corrected chi connectivity index (χ3v) is 4.62. The fourth-order valence-electron chi connectivity index (χ4n) is 2.90. The van der Waals surface area contributed by atoms with E-state index >= 15 is 0 Å². The van der Waals surface area contributed by atoms with Gasteiger partial charge in [-0.25, -0.2) is 5.84 Å². The molecule has 0 radical (unpaired) electrons. The topological polar surface area (TPSA) is 51.0 Å². The minimum absolute atomic E-state index is 0.110. The van der Waals surface area contributed by atoms with Crippen LogP contribution in [0.25, 0.3) is 0 Å². The molecule has 144 valence electrons. The predicted molar refractivity (Wildman–Crippen MR) is 106 cm³/mol. The molecule has 0 heterocycles. The van der Waals surface area contributed by atoms with Crippen LogP contribution in [0, 0.1) is 5.92 Å². The molecule has 0 spiro atoms. The Hall–Kier alpha value is -1.46. The molecular weight excluding hydrogens is 314 g/mol. The summed E-state index contributed by atoms with van der Waals surface area (Å²) in [4.78, 5) is 2.46. The molecule has 0 aliphatic heterocycles. The maximum Gasteiger partial charge on any atom is 0.162 e. The van der Waals surface area contributed by atoms with E-state index in [1.54, 1.807) is 7.11 Å². The minimum Gasteiger partial charge on any atom is -0.493 e. The van der Waals surface area contributed by atoms with Crippen molar-refractivity contribution in [3.63, 3.8) is 0 Å². The lowest BCUT2D eigenvalue weighted by Crippen LogP contribution is -2.37. The molecule has 2 N–H and O–H groups in total. The van der Waals surface area contributed by atoms with Gasteiger partial charge in [0, 0.05) is 12.6 Å². The van der Waals surface area contributed by atoms with Crippen LogP contribution in [0.15, 0.2) is 18.2 Å². The summed E-state index contributed by atoms with van der Waals surface area (Å²) in [7, 11) is 1.66. The van der Waals surface area contributed by atoms with E-state index < -0.39 is 0 Å². The molecule has 0 fully saturated rings. The molecule has 0 saturated heterocycles. The third-order valence-electron chi connectivity index (χ3n) is 4.62. The van der Waals surface area contributed by atoms with E-state index in [2.05, 4.69) is 25.7 Å². The first-order valence-electron chi connectivity index (χ1n) is 9.54.